The SMILES string of the molecule is CCCCCN(C)CCCCCC1CCC(CNS(=O)(=O)c2ccc(C(F)(F)F)cc2)CC1. The maximum absolute atomic E-state index is 12.7. The summed E-state index contributed by atoms with van der Waals surface area (Å²) in [6, 6.07) is 3.66. The first-order valence-electron chi connectivity index (χ1n) is 12.5. The highest BCUT2D eigenvalue weighted by molar-refractivity contribution is 7.89. The average Bonchev–Trinajstić information content (AvgIpc) is 2.78. The van der Waals surface area contributed by atoms with E-state index in [1.165, 1.54) is 58.0 Å². The first-order chi connectivity index (χ1) is 15.6. The molecule has 1 aromatic carbocycles. The minimum absolute atomic E-state index is 0.125. The minimum Gasteiger partial charge on any atom is -0.306 e. The molecular formula is C25H41F3N2O2S. The molecule has 8 heteroatoms. The number of benzene rings is 1. The van der Waals surface area contributed by atoms with Crippen LogP contribution >= 0.6 is 0 Å². The summed E-state index contributed by atoms with van der Waals surface area (Å²) in [6.07, 6.45) is 8.69. The van der Waals surface area contributed by atoms with E-state index in [2.05, 4.69) is 23.6 Å². The molecule has 0 aliphatic heterocycles. The zero-order valence-electron chi connectivity index (χ0n) is 20.2. The average molecular weight is 491 g/mol. The first kappa shape index (κ1) is 28.1. The molecule has 1 N–H and O–H groups in total. The molecule has 1 aliphatic carbocycles. The van der Waals surface area contributed by atoms with Gasteiger partial charge in [0.25, 0.3) is 0 Å². The Bertz CT molecular complexity index is 774. The van der Waals surface area contributed by atoms with Gasteiger partial charge in [-0.2, -0.15) is 13.2 Å². The fourth-order valence-corrected chi connectivity index (χ4v) is 5.71. The highest BCUT2D eigenvalue weighted by atomic mass is 32.2. The molecule has 0 spiro atoms. The predicted octanol–water partition coefficient (Wildman–Crippen LogP) is 6.47. The molecule has 0 aromatic heterocycles. The van der Waals surface area contributed by atoms with Crippen molar-refractivity contribution in [2.45, 2.75) is 88.6 Å². The number of nitrogens with one attached hydrogen (secondary N) is 1. The summed E-state index contributed by atoms with van der Waals surface area (Å²) in [6.45, 7) is 4.95. The van der Waals surface area contributed by atoms with Crippen molar-refractivity contribution in [3.63, 3.8) is 0 Å². The van der Waals surface area contributed by atoms with E-state index in [0.29, 0.717) is 12.5 Å². The van der Waals surface area contributed by atoms with Crippen LogP contribution in [-0.4, -0.2) is 40.0 Å². The molecule has 0 heterocycles. The summed E-state index contributed by atoms with van der Waals surface area (Å²) in [4.78, 5) is 2.31. The Morgan fingerprint density at radius 1 is 0.909 bits per heavy atom. The predicted molar refractivity (Wildman–Crippen MR) is 128 cm³/mol. The quantitative estimate of drug-likeness (QED) is 0.304. The molecule has 1 aliphatic rings. The van der Waals surface area contributed by atoms with E-state index < -0.39 is 21.8 Å². The van der Waals surface area contributed by atoms with Gasteiger partial charge in [-0.25, -0.2) is 13.1 Å². The molecule has 1 aromatic rings. The fourth-order valence-electron chi connectivity index (χ4n) is 4.59. The van der Waals surface area contributed by atoms with E-state index in [4.69, 9.17) is 0 Å². The van der Waals surface area contributed by atoms with Gasteiger partial charge in [-0.1, -0.05) is 51.9 Å². The van der Waals surface area contributed by atoms with Gasteiger partial charge in [0.15, 0.2) is 0 Å². The first-order valence-corrected chi connectivity index (χ1v) is 14.0. The monoisotopic (exact) mass is 490 g/mol. The van der Waals surface area contributed by atoms with Crippen LogP contribution in [-0.2, 0) is 16.2 Å². The largest absolute Gasteiger partial charge is 0.416 e. The van der Waals surface area contributed by atoms with Crippen LogP contribution in [0.2, 0.25) is 0 Å². The van der Waals surface area contributed by atoms with Crippen LogP contribution < -0.4 is 4.72 Å². The van der Waals surface area contributed by atoms with Gasteiger partial charge in [0, 0.05) is 6.54 Å². The van der Waals surface area contributed by atoms with Gasteiger partial charge in [0.1, 0.15) is 0 Å². The lowest BCUT2D eigenvalue weighted by atomic mass is 9.80. The van der Waals surface area contributed by atoms with Crippen LogP contribution in [0.1, 0.15) is 83.1 Å². The van der Waals surface area contributed by atoms with Gasteiger partial charge < -0.3 is 4.90 Å². The second kappa shape index (κ2) is 13.7. The smallest absolute Gasteiger partial charge is 0.306 e. The number of hydrogen-bond donors (Lipinski definition) is 1. The number of nitrogens with zero attached hydrogens (tertiary/aromatic N) is 1. The standard InChI is InChI=1S/C25H41F3N2O2S/c1-3-4-7-18-30(2)19-8-5-6-9-21-10-12-22(13-11-21)20-29-33(31,32)24-16-14-23(15-17-24)25(26,27)28/h14-17,21-22,29H,3-13,18-20H2,1-2H3. The van der Waals surface area contributed by atoms with Crippen molar-refractivity contribution in [2.75, 3.05) is 26.7 Å². The second-order valence-electron chi connectivity index (χ2n) is 9.62. The summed E-state index contributed by atoms with van der Waals surface area (Å²) >= 11 is 0. The van der Waals surface area contributed by atoms with Crippen LogP contribution in [0, 0.1) is 11.8 Å². The molecule has 2 rings (SSSR count). The topological polar surface area (TPSA) is 49.4 Å². The molecule has 0 saturated heterocycles. The Morgan fingerprint density at radius 2 is 1.48 bits per heavy atom. The van der Waals surface area contributed by atoms with Gasteiger partial charge in [-0.05, 0) is 81.9 Å². The van der Waals surface area contributed by atoms with Gasteiger partial charge in [-0.3, -0.25) is 0 Å². The number of halogens is 3. The Labute approximate surface area is 198 Å². The third kappa shape index (κ3) is 10.4. The molecule has 4 nitrogen and oxygen atoms in total. The minimum atomic E-state index is -4.47. The van der Waals surface area contributed by atoms with Crippen molar-refractivity contribution in [3.8, 4) is 0 Å². The van der Waals surface area contributed by atoms with E-state index in [1.54, 1.807) is 0 Å². The lowest BCUT2D eigenvalue weighted by Crippen LogP contribution is -2.31. The molecule has 0 amide bonds. The molecule has 0 atom stereocenters. The van der Waals surface area contributed by atoms with Crippen molar-refractivity contribution in [3.05, 3.63) is 29.8 Å². The number of sulfonamides is 1. The van der Waals surface area contributed by atoms with E-state index >= 15 is 0 Å². The summed E-state index contributed by atoms with van der Waals surface area (Å²) in [5, 5.41) is 0. The van der Waals surface area contributed by atoms with Crippen molar-refractivity contribution in [1.29, 1.82) is 0 Å². The van der Waals surface area contributed by atoms with Crippen LogP contribution in [0.15, 0.2) is 29.2 Å². The fraction of sp³-hybridized carbons (Fsp3) is 0.760. The van der Waals surface area contributed by atoms with Crippen molar-refractivity contribution in [1.82, 2.24) is 9.62 Å². The summed E-state index contributed by atoms with van der Waals surface area (Å²) < 4.78 is 65.5. The lowest BCUT2D eigenvalue weighted by molar-refractivity contribution is -0.137. The van der Waals surface area contributed by atoms with Crippen molar-refractivity contribution in [2.24, 2.45) is 11.8 Å². The van der Waals surface area contributed by atoms with Crippen LogP contribution in [0.25, 0.3) is 0 Å². The molecule has 1 fully saturated rings. The van der Waals surface area contributed by atoms with Crippen LogP contribution in [0.4, 0.5) is 13.2 Å². The van der Waals surface area contributed by atoms with Gasteiger partial charge >= 0.3 is 6.18 Å². The third-order valence-electron chi connectivity index (χ3n) is 6.82. The van der Waals surface area contributed by atoms with Crippen LogP contribution in [0.5, 0.6) is 0 Å². The van der Waals surface area contributed by atoms with E-state index in [9.17, 15) is 21.6 Å². The number of alkyl halides is 3. The van der Waals surface area contributed by atoms with Crippen LogP contribution in [0.3, 0.4) is 0 Å². The zero-order chi connectivity index (χ0) is 24.3. The van der Waals surface area contributed by atoms with Gasteiger partial charge in [0.05, 0.1) is 10.5 Å². The molecular weight excluding hydrogens is 449 g/mol. The van der Waals surface area contributed by atoms with E-state index in [-0.39, 0.29) is 4.90 Å². The van der Waals surface area contributed by atoms with E-state index in [0.717, 1.165) is 55.9 Å². The maximum atomic E-state index is 12.7. The second-order valence-corrected chi connectivity index (χ2v) is 11.4. The van der Waals surface area contributed by atoms with Gasteiger partial charge in [0.2, 0.25) is 10.0 Å². The van der Waals surface area contributed by atoms with Crippen molar-refractivity contribution >= 4 is 10.0 Å². The Balaban J connectivity index is 1.61. The molecule has 0 bridgehead atoms. The molecule has 33 heavy (non-hydrogen) atoms. The maximum Gasteiger partial charge on any atom is 0.416 e. The summed E-state index contributed by atoms with van der Waals surface area (Å²) in [5.41, 5.74) is -0.848. The highest BCUT2D eigenvalue weighted by Gasteiger charge is 2.31. The van der Waals surface area contributed by atoms with Gasteiger partial charge in [-0.15, -0.1) is 0 Å². The molecule has 1 saturated carbocycles. The van der Waals surface area contributed by atoms with Crippen molar-refractivity contribution < 1.29 is 21.6 Å². The Morgan fingerprint density at radius 3 is 2.06 bits per heavy atom. The number of unbranched alkanes of at least 4 members (excludes halogenated alkanes) is 4. The number of rotatable bonds is 14. The highest BCUT2D eigenvalue weighted by Crippen LogP contribution is 2.32. The normalized spacial score (nSPS) is 19.8. The molecule has 0 radical (unpaired) electrons. The Kier molecular flexibility index (Phi) is 11.7. The molecule has 0 unspecified atom stereocenters. The Hall–Kier alpha value is -1.12. The van der Waals surface area contributed by atoms with E-state index in [1.807, 2.05) is 0 Å². The summed E-state index contributed by atoms with van der Waals surface area (Å²) in [5.74, 6) is 1.03. The third-order valence-corrected chi connectivity index (χ3v) is 8.26. The summed E-state index contributed by atoms with van der Waals surface area (Å²) in [7, 11) is -1.58. The molecule has 190 valence electrons. The zero-order valence-corrected chi connectivity index (χ0v) is 21.0. The lowest BCUT2D eigenvalue weighted by Gasteiger charge is -2.28. The number of hydrogen-bond acceptors (Lipinski definition) is 3.